The van der Waals surface area contributed by atoms with E-state index in [1.165, 1.54) is 11.8 Å². The Morgan fingerprint density at radius 2 is 1.92 bits per heavy atom. The summed E-state index contributed by atoms with van der Waals surface area (Å²) in [4.78, 5) is 16.4. The SMILES string of the molecule is C[C@@H](Sc1nnc(-c2ccncc2)n1C)C(=O)Nc1ccc(Cl)cc1Cl. The molecule has 6 nitrogen and oxygen atoms in total. The highest BCUT2D eigenvalue weighted by atomic mass is 35.5. The molecule has 1 atom stereocenters. The summed E-state index contributed by atoms with van der Waals surface area (Å²) in [6.45, 7) is 1.80. The zero-order valence-electron chi connectivity index (χ0n) is 14.0. The van der Waals surface area contributed by atoms with E-state index >= 15 is 0 Å². The quantitative estimate of drug-likeness (QED) is 0.638. The van der Waals surface area contributed by atoms with Crippen LogP contribution in [0.1, 0.15) is 6.92 Å². The summed E-state index contributed by atoms with van der Waals surface area (Å²) < 4.78 is 1.85. The van der Waals surface area contributed by atoms with Crippen LogP contribution in [0.5, 0.6) is 0 Å². The van der Waals surface area contributed by atoms with E-state index in [1.54, 1.807) is 37.5 Å². The summed E-state index contributed by atoms with van der Waals surface area (Å²) in [6, 6.07) is 8.64. The molecule has 3 rings (SSSR count). The molecule has 26 heavy (non-hydrogen) atoms. The molecule has 1 amide bonds. The highest BCUT2D eigenvalue weighted by Gasteiger charge is 2.20. The molecule has 0 spiro atoms. The van der Waals surface area contributed by atoms with Crippen molar-refractivity contribution in [3.8, 4) is 11.4 Å². The smallest absolute Gasteiger partial charge is 0.237 e. The minimum atomic E-state index is -0.394. The van der Waals surface area contributed by atoms with Crippen LogP contribution in [-0.2, 0) is 11.8 Å². The van der Waals surface area contributed by atoms with Gasteiger partial charge in [-0.2, -0.15) is 0 Å². The van der Waals surface area contributed by atoms with Crippen molar-refractivity contribution in [2.45, 2.75) is 17.3 Å². The lowest BCUT2D eigenvalue weighted by molar-refractivity contribution is -0.115. The topological polar surface area (TPSA) is 72.7 Å². The first-order chi connectivity index (χ1) is 12.5. The summed E-state index contributed by atoms with van der Waals surface area (Å²) in [6.07, 6.45) is 3.39. The molecular weight excluding hydrogens is 393 g/mol. The van der Waals surface area contributed by atoms with Crippen molar-refractivity contribution in [1.29, 1.82) is 0 Å². The first-order valence-corrected chi connectivity index (χ1v) is 9.31. The minimum absolute atomic E-state index is 0.187. The van der Waals surface area contributed by atoms with Crippen LogP contribution < -0.4 is 5.32 Å². The van der Waals surface area contributed by atoms with Gasteiger partial charge in [-0.1, -0.05) is 35.0 Å². The Morgan fingerprint density at radius 1 is 1.19 bits per heavy atom. The number of anilines is 1. The van der Waals surface area contributed by atoms with E-state index in [4.69, 9.17) is 23.2 Å². The predicted molar refractivity (Wildman–Crippen MR) is 105 cm³/mol. The molecule has 2 aromatic heterocycles. The van der Waals surface area contributed by atoms with E-state index in [0.29, 0.717) is 26.7 Å². The lowest BCUT2D eigenvalue weighted by Crippen LogP contribution is -2.23. The Kier molecular flexibility index (Phi) is 5.80. The van der Waals surface area contributed by atoms with Crippen LogP contribution >= 0.6 is 35.0 Å². The zero-order valence-corrected chi connectivity index (χ0v) is 16.3. The van der Waals surface area contributed by atoms with Gasteiger partial charge in [-0.25, -0.2) is 0 Å². The number of benzene rings is 1. The van der Waals surface area contributed by atoms with Gasteiger partial charge in [-0.15, -0.1) is 10.2 Å². The van der Waals surface area contributed by atoms with E-state index in [1.807, 2.05) is 23.7 Å². The Balaban J connectivity index is 1.71. The van der Waals surface area contributed by atoms with E-state index < -0.39 is 5.25 Å². The van der Waals surface area contributed by atoms with Crippen LogP contribution in [0, 0.1) is 0 Å². The second kappa shape index (κ2) is 8.07. The number of carbonyl (C=O) groups excluding carboxylic acids is 1. The maximum atomic E-state index is 12.5. The largest absolute Gasteiger partial charge is 0.324 e. The van der Waals surface area contributed by atoms with Gasteiger partial charge in [0.05, 0.1) is 16.0 Å². The normalized spacial score (nSPS) is 12.0. The van der Waals surface area contributed by atoms with Crippen molar-refractivity contribution in [2.24, 2.45) is 7.05 Å². The van der Waals surface area contributed by atoms with Crippen LogP contribution in [-0.4, -0.2) is 30.9 Å². The van der Waals surface area contributed by atoms with Crippen LogP contribution in [0.4, 0.5) is 5.69 Å². The number of thioether (sulfide) groups is 1. The monoisotopic (exact) mass is 407 g/mol. The van der Waals surface area contributed by atoms with E-state index in [-0.39, 0.29) is 5.91 Å². The average molecular weight is 408 g/mol. The molecule has 0 aliphatic heterocycles. The Hall–Kier alpha value is -2.09. The molecule has 0 fully saturated rings. The second-order valence-electron chi connectivity index (χ2n) is 5.47. The summed E-state index contributed by atoms with van der Waals surface area (Å²) in [7, 11) is 1.86. The molecular formula is C17H15Cl2N5OS. The molecule has 0 saturated heterocycles. The van der Waals surface area contributed by atoms with Gasteiger partial charge >= 0.3 is 0 Å². The molecule has 0 bridgehead atoms. The number of carbonyl (C=O) groups is 1. The molecule has 0 aliphatic rings. The maximum absolute atomic E-state index is 12.5. The van der Waals surface area contributed by atoms with Gasteiger partial charge in [-0.3, -0.25) is 9.78 Å². The van der Waals surface area contributed by atoms with Gasteiger partial charge in [0.25, 0.3) is 0 Å². The number of rotatable bonds is 5. The van der Waals surface area contributed by atoms with Crippen LogP contribution in [0.25, 0.3) is 11.4 Å². The average Bonchev–Trinajstić information content (AvgIpc) is 2.98. The number of halogens is 2. The van der Waals surface area contributed by atoms with Crippen molar-refractivity contribution < 1.29 is 4.79 Å². The van der Waals surface area contributed by atoms with E-state index in [2.05, 4.69) is 20.5 Å². The molecule has 1 aromatic carbocycles. The molecule has 0 aliphatic carbocycles. The Morgan fingerprint density at radius 3 is 2.62 bits per heavy atom. The Bertz CT molecular complexity index is 932. The third-order valence-electron chi connectivity index (χ3n) is 3.61. The van der Waals surface area contributed by atoms with E-state index in [9.17, 15) is 4.79 Å². The fourth-order valence-corrected chi connectivity index (χ4v) is 3.48. The number of amides is 1. The van der Waals surface area contributed by atoms with Gasteiger partial charge in [0.1, 0.15) is 0 Å². The summed E-state index contributed by atoms with van der Waals surface area (Å²) in [5.74, 6) is 0.524. The van der Waals surface area contributed by atoms with Crippen molar-refractivity contribution in [3.05, 3.63) is 52.8 Å². The molecule has 0 saturated carbocycles. The lowest BCUT2D eigenvalue weighted by Gasteiger charge is -2.12. The lowest BCUT2D eigenvalue weighted by atomic mass is 10.2. The molecule has 134 valence electrons. The molecule has 9 heteroatoms. The Labute approximate surface area is 164 Å². The first-order valence-electron chi connectivity index (χ1n) is 7.68. The number of pyridine rings is 1. The van der Waals surface area contributed by atoms with Gasteiger partial charge in [-0.05, 0) is 37.3 Å². The van der Waals surface area contributed by atoms with Crippen molar-refractivity contribution in [2.75, 3.05) is 5.32 Å². The standard InChI is InChI=1S/C17H15Cl2N5OS/c1-10(16(25)21-14-4-3-12(18)9-13(14)19)26-17-23-22-15(24(17)2)11-5-7-20-8-6-11/h3-10H,1-2H3,(H,21,25)/t10-/m1/s1. The van der Waals surface area contributed by atoms with Crippen LogP contribution in [0.2, 0.25) is 10.0 Å². The van der Waals surface area contributed by atoms with Crippen LogP contribution in [0.15, 0.2) is 47.9 Å². The van der Waals surface area contributed by atoms with Crippen molar-refractivity contribution in [1.82, 2.24) is 19.7 Å². The maximum Gasteiger partial charge on any atom is 0.237 e. The number of hydrogen-bond acceptors (Lipinski definition) is 5. The third kappa shape index (κ3) is 4.17. The fraction of sp³-hybridized carbons (Fsp3) is 0.176. The van der Waals surface area contributed by atoms with Gasteiger partial charge < -0.3 is 9.88 Å². The van der Waals surface area contributed by atoms with Gasteiger partial charge in [0.2, 0.25) is 5.91 Å². The van der Waals surface area contributed by atoms with Crippen molar-refractivity contribution in [3.63, 3.8) is 0 Å². The number of nitrogens with one attached hydrogen (secondary N) is 1. The zero-order chi connectivity index (χ0) is 18.7. The minimum Gasteiger partial charge on any atom is -0.324 e. The first kappa shape index (κ1) is 18.7. The summed E-state index contributed by atoms with van der Waals surface area (Å²) in [5, 5.41) is 12.3. The number of nitrogens with zero attached hydrogens (tertiary/aromatic N) is 4. The number of hydrogen-bond donors (Lipinski definition) is 1. The predicted octanol–water partition coefficient (Wildman–Crippen LogP) is 4.30. The van der Waals surface area contributed by atoms with Gasteiger partial charge in [0.15, 0.2) is 11.0 Å². The highest BCUT2D eigenvalue weighted by molar-refractivity contribution is 8.00. The summed E-state index contributed by atoms with van der Waals surface area (Å²) >= 11 is 13.3. The summed E-state index contributed by atoms with van der Waals surface area (Å²) in [5.41, 5.74) is 1.43. The molecule has 0 radical (unpaired) electrons. The molecule has 0 unspecified atom stereocenters. The highest BCUT2D eigenvalue weighted by Crippen LogP contribution is 2.28. The van der Waals surface area contributed by atoms with Crippen molar-refractivity contribution >= 4 is 46.6 Å². The van der Waals surface area contributed by atoms with E-state index in [0.717, 1.165) is 5.56 Å². The molecule has 1 N–H and O–H groups in total. The van der Waals surface area contributed by atoms with Crippen LogP contribution in [0.3, 0.4) is 0 Å². The van der Waals surface area contributed by atoms with Gasteiger partial charge in [0, 0.05) is 30.0 Å². The number of aromatic nitrogens is 4. The second-order valence-corrected chi connectivity index (χ2v) is 7.63. The fourth-order valence-electron chi connectivity index (χ4n) is 2.21. The molecule has 3 aromatic rings. The third-order valence-corrected chi connectivity index (χ3v) is 5.30. The molecule has 2 heterocycles.